The monoisotopic (exact) mass is 351 g/mol. The number of amides is 1. The predicted molar refractivity (Wildman–Crippen MR) is 96.9 cm³/mol. The van der Waals surface area contributed by atoms with Crippen molar-refractivity contribution in [2.45, 2.75) is 71.3 Å². The van der Waals surface area contributed by atoms with E-state index in [2.05, 4.69) is 12.2 Å². The maximum Gasteiger partial charge on any atom is 0.328 e. The molecule has 1 N–H and O–H groups in total. The molecule has 1 rings (SSSR count). The van der Waals surface area contributed by atoms with Crippen LogP contribution in [-0.2, 0) is 9.53 Å². The molecule has 5 heteroatoms. The van der Waals surface area contributed by atoms with Crippen LogP contribution in [0.1, 0.15) is 75.6 Å². The van der Waals surface area contributed by atoms with Gasteiger partial charge in [-0.05, 0) is 31.5 Å². The molecule has 0 bridgehead atoms. The summed E-state index contributed by atoms with van der Waals surface area (Å²) in [7, 11) is 0. The van der Waals surface area contributed by atoms with Crippen LogP contribution < -0.4 is 5.32 Å². The molecule has 0 aliphatic heterocycles. The van der Waals surface area contributed by atoms with Crippen LogP contribution in [0.4, 0.5) is 4.39 Å². The van der Waals surface area contributed by atoms with E-state index in [9.17, 15) is 14.0 Å². The average molecular weight is 351 g/mol. The van der Waals surface area contributed by atoms with Crippen molar-refractivity contribution in [3.8, 4) is 0 Å². The Kier molecular flexibility index (Phi) is 10.5. The average Bonchev–Trinajstić information content (AvgIpc) is 2.60. The molecule has 0 aliphatic carbocycles. The van der Waals surface area contributed by atoms with Crippen LogP contribution in [-0.4, -0.2) is 24.5 Å². The van der Waals surface area contributed by atoms with E-state index in [1.54, 1.807) is 6.92 Å². The van der Waals surface area contributed by atoms with Crippen LogP contribution >= 0.6 is 0 Å². The van der Waals surface area contributed by atoms with Crippen molar-refractivity contribution in [1.29, 1.82) is 0 Å². The summed E-state index contributed by atoms with van der Waals surface area (Å²) in [6.07, 6.45) is 9.40. The van der Waals surface area contributed by atoms with Gasteiger partial charge in [0.25, 0.3) is 5.91 Å². The fourth-order valence-electron chi connectivity index (χ4n) is 2.50. The molecular weight excluding hydrogens is 321 g/mol. The van der Waals surface area contributed by atoms with E-state index in [-0.39, 0.29) is 5.56 Å². The Morgan fingerprint density at radius 2 is 1.72 bits per heavy atom. The van der Waals surface area contributed by atoms with Crippen molar-refractivity contribution in [1.82, 2.24) is 5.32 Å². The smallest absolute Gasteiger partial charge is 0.328 e. The zero-order valence-corrected chi connectivity index (χ0v) is 15.4. The van der Waals surface area contributed by atoms with Gasteiger partial charge in [0.1, 0.15) is 11.9 Å². The first-order valence-corrected chi connectivity index (χ1v) is 9.27. The predicted octanol–water partition coefficient (Wildman–Crippen LogP) is 4.63. The van der Waals surface area contributed by atoms with E-state index in [0.717, 1.165) is 25.3 Å². The van der Waals surface area contributed by atoms with E-state index in [1.807, 2.05) is 0 Å². The second-order valence-corrected chi connectivity index (χ2v) is 6.35. The first-order valence-electron chi connectivity index (χ1n) is 9.27. The van der Waals surface area contributed by atoms with E-state index < -0.39 is 23.7 Å². The molecule has 0 fully saturated rings. The van der Waals surface area contributed by atoms with Crippen molar-refractivity contribution >= 4 is 11.9 Å². The van der Waals surface area contributed by atoms with Gasteiger partial charge in [0.05, 0.1) is 6.61 Å². The summed E-state index contributed by atoms with van der Waals surface area (Å²) >= 11 is 0. The summed E-state index contributed by atoms with van der Waals surface area (Å²) in [6, 6.07) is 4.59. The molecule has 0 aliphatic rings. The third-order valence-corrected chi connectivity index (χ3v) is 4.03. The minimum Gasteiger partial charge on any atom is -0.464 e. The first-order chi connectivity index (χ1) is 12.0. The minimum absolute atomic E-state index is 0.183. The number of carbonyl (C=O) groups is 2. The summed E-state index contributed by atoms with van der Waals surface area (Å²) in [4.78, 5) is 23.8. The summed E-state index contributed by atoms with van der Waals surface area (Å²) < 4.78 is 18.3. The van der Waals surface area contributed by atoms with Crippen LogP contribution in [0, 0.1) is 5.82 Å². The van der Waals surface area contributed by atoms with Gasteiger partial charge in [0.15, 0.2) is 0 Å². The van der Waals surface area contributed by atoms with Gasteiger partial charge < -0.3 is 10.1 Å². The number of ether oxygens (including phenoxy) is 1. The fourth-order valence-corrected chi connectivity index (χ4v) is 2.50. The van der Waals surface area contributed by atoms with Crippen molar-refractivity contribution in [3.05, 3.63) is 35.6 Å². The molecular formula is C20H30FNO3. The number of esters is 1. The van der Waals surface area contributed by atoms with Crippen molar-refractivity contribution in [2.24, 2.45) is 0 Å². The molecule has 0 spiro atoms. The van der Waals surface area contributed by atoms with Gasteiger partial charge in [0.2, 0.25) is 0 Å². The lowest BCUT2D eigenvalue weighted by Gasteiger charge is -2.13. The lowest BCUT2D eigenvalue weighted by Crippen LogP contribution is -2.39. The molecule has 1 unspecified atom stereocenters. The topological polar surface area (TPSA) is 55.4 Å². The van der Waals surface area contributed by atoms with Crippen molar-refractivity contribution < 1.29 is 18.7 Å². The third-order valence-electron chi connectivity index (χ3n) is 4.03. The van der Waals surface area contributed by atoms with Crippen LogP contribution in [0.3, 0.4) is 0 Å². The molecule has 1 atom stereocenters. The summed E-state index contributed by atoms with van der Waals surface area (Å²) in [6.45, 7) is 4.14. The number of nitrogens with one attached hydrogen (secondary N) is 1. The molecule has 0 saturated heterocycles. The Morgan fingerprint density at radius 3 is 2.36 bits per heavy atom. The first kappa shape index (κ1) is 21.1. The van der Waals surface area contributed by atoms with Crippen molar-refractivity contribution in [3.63, 3.8) is 0 Å². The van der Waals surface area contributed by atoms with E-state index in [0.29, 0.717) is 6.61 Å². The van der Waals surface area contributed by atoms with Gasteiger partial charge in [-0.15, -0.1) is 0 Å². The quantitative estimate of drug-likeness (QED) is 0.441. The number of halogens is 1. The molecule has 1 aromatic carbocycles. The van der Waals surface area contributed by atoms with Gasteiger partial charge in [-0.25, -0.2) is 9.18 Å². The second-order valence-electron chi connectivity index (χ2n) is 6.35. The molecule has 4 nitrogen and oxygen atoms in total. The summed E-state index contributed by atoms with van der Waals surface area (Å²) in [5.74, 6) is -1.44. The van der Waals surface area contributed by atoms with Gasteiger partial charge in [-0.1, -0.05) is 57.9 Å². The lowest BCUT2D eigenvalue weighted by molar-refractivity contribution is -0.145. The molecule has 1 aromatic rings. The van der Waals surface area contributed by atoms with Gasteiger partial charge >= 0.3 is 5.97 Å². The van der Waals surface area contributed by atoms with Crippen LogP contribution in [0.2, 0.25) is 0 Å². The largest absolute Gasteiger partial charge is 0.464 e. The molecule has 0 aromatic heterocycles. The molecule has 0 radical (unpaired) electrons. The minimum atomic E-state index is -0.759. The van der Waals surface area contributed by atoms with Crippen LogP contribution in [0.25, 0.3) is 0 Å². The Hall–Kier alpha value is -1.91. The highest BCUT2D eigenvalue weighted by molar-refractivity contribution is 5.96. The Bertz CT molecular complexity index is 533. The molecule has 1 amide bonds. The molecule has 0 heterocycles. The maximum atomic E-state index is 13.1. The highest BCUT2D eigenvalue weighted by Gasteiger charge is 2.18. The maximum absolute atomic E-state index is 13.1. The molecule has 0 saturated carbocycles. The number of benzene rings is 1. The van der Waals surface area contributed by atoms with Gasteiger partial charge in [-0.2, -0.15) is 0 Å². The SMILES string of the molecule is CCCCCCCCCCOC(=O)C(C)NC(=O)c1cccc(F)c1. The number of hydrogen-bond acceptors (Lipinski definition) is 3. The van der Waals surface area contributed by atoms with Gasteiger partial charge in [0, 0.05) is 5.56 Å². The Labute approximate surface area is 150 Å². The van der Waals surface area contributed by atoms with E-state index >= 15 is 0 Å². The zero-order chi connectivity index (χ0) is 18.5. The molecule has 25 heavy (non-hydrogen) atoms. The number of unbranched alkanes of at least 4 members (excludes halogenated alkanes) is 7. The summed E-state index contributed by atoms with van der Waals surface area (Å²) in [5, 5.41) is 2.52. The van der Waals surface area contributed by atoms with Gasteiger partial charge in [-0.3, -0.25) is 4.79 Å². The highest BCUT2D eigenvalue weighted by atomic mass is 19.1. The zero-order valence-electron chi connectivity index (χ0n) is 15.4. The number of hydrogen-bond donors (Lipinski definition) is 1. The lowest BCUT2D eigenvalue weighted by atomic mass is 10.1. The van der Waals surface area contributed by atoms with E-state index in [4.69, 9.17) is 4.74 Å². The van der Waals surface area contributed by atoms with Crippen molar-refractivity contribution in [2.75, 3.05) is 6.61 Å². The number of carbonyl (C=O) groups excluding carboxylic acids is 2. The van der Waals surface area contributed by atoms with Crippen LogP contribution in [0.5, 0.6) is 0 Å². The third kappa shape index (κ3) is 9.22. The number of rotatable bonds is 12. The summed E-state index contributed by atoms with van der Waals surface area (Å²) in [5.41, 5.74) is 0.183. The normalized spacial score (nSPS) is 11.8. The van der Waals surface area contributed by atoms with Crippen LogP contribution in [0.15, 0.2) is 24.3 Å². The highest BCUT2D eigenvalue weighted by Crippen LogP contribution is 2.08. The second kappa shape index (κ2) is 12.5. The standard InChI is InChI=1S/C20H30FNO3/c1-3-4-5-6-7-8-9-10-14-25-20(24)16(2)22-19(23)17-12-11-13-18(21)15-17/h11-13,15-16H,3-10,14H2,1-2H3,(H,22,23). The van der Waals surface area contributed by atoms with E-state index in [1.165, 1.54) is 50.3 Å². The fraction of sp³-hybridized carbons (Fsp3) is 0.600. The Morgan fingerprint density at radius 1 is 1.08 bits per heavy atom. The Balaban J connectivity index is 2.14. The molecule has 140 valence electrons.